The van der Waals surface area contributed by atoms with E-state index in [2.05, 4.69) is 4.98 Å². The van der Waals surface area contributed by atoms with E-state index in [0.29, 0.717) is 17.2 Å². The Morgan fingerprint density at radius 3 is 2.77 bits per heavy atom. The summed E-state index contributed by atoms with van der Waals surface area (Å²) < 4.78 is 4.75. The van der Waals surface area contributed by atoms with Crippen LogP contribution in [0.25, 0.3) is 0 Å². The number of hydrogen-bond acceptors (Lipinski definition) is 4. The van der Waals surface area contributed by atoms with Gasteiger partial charge in [-0.05, 0) is 13.0 Å². The van der Waals surface area contributed by atoms with Crippen LogP contribution < -0.4 is 29.6 Å². The molecule has 0 N–H and O–H groups in total. The van der Waals surface area contributed by atoms with E-state index >= 15 is 0 Å². The molecule has 5 heteroatoms. The molecular formula is C8H8NNaO2S. The van der Waals surface area contributed by atoms with Crippen LogP contribution in [-0.2, 0) is 17.4 Å². The van der Waals surface area contributed by atoms with Crippen molar-refractivity contribution in [3.05, 3.63) is 23.9 Å². The summed E-state index contributed by atoms with van der Waals surface area (Å²) in [5.41, 5.74) is 0.436. The van der Waals surface area contributed by atoms with E-state index < -0.39 is 0 Å². The summed E-state index contributed by atoms with van der Waals surface area (Å²) in [4.78, 5) is 14.9. The van der Waals surface area contributed by atoms with Crippen LogP contribution >= 0.6 is 0 Å². The first kappa shape index (κ1) is 12.8. The van der Waals surface area contributed by atoms with E-state index in [1.165, 1.54) is 6.20 Å². The molecule has 0 aromatic carbocycles. The maximum absolute atomic E-state index is 11.1. The average molecular weight is 205 g/mol. The zero-order valence-corrected chi connectivity index (χ0v) is 10.4. The third-order valence-electron chi connectivity index (χ3n) is 1.25. The van der Waals surface area contributed by atoms with Crippen molar-refractivity contribution in [2.75, 3.05) is 6.61 Å². The molecule has 0 unspecified atom stereocenters. The number of nitrogens with zero attached hydrogens (tertiary/aromatic N) is 1. The fourth-order valence-corrected chi connectivity index (χ4v) is 0.836. The van der Waals surface area contributed by atoms with Crippen molar-refractivity contribution in [2.24, 2.45) is 0 Å². The number of rotatable bonds is 2. The zero-order chi connectivity index (χ0) is 8.97. The van der Waals surface area contributed by atoms with Gasteiger partial charge in [-0.1, -0.05) is 11.1 Å². The summed E-state index contributed by atoms with van der Waals surface area (Å²) in [6, 6.07) is 3.20. The Kier molecular flexibility index (Phi) is 6.24. The van der Waals surface area contributed by atoms with Gasteiger partial charge >= 0.3 is 35.5 Å². The third kappa shape index (κ3) is 4.04. The molecule has 0 spiro atoms. The fraction of sp³-hybridized carbons (Fsp3) is 0.250. The van der Waals surface area contributed by atoms with Gasteiger partial charge < -0.3 is 17.4 Å². The number of esters is 1. The fourth-order valence-electron chi connectivity index (χ4n) is 0.715. The van der Waals surface area contributed by atoms with Crippen molar-refractivity contribution < 1.29 is 39.1 Å². The van der Waals surface area contributed by atoms with Crippen LogP contribution in [0.2, 0.25) is 0 Å². The number of pyridine rings is 1. The van der Waals surface area contributed by atoms with Crippen molar-refractivity contribution in [3.8, 4) is 0 Å². The summed E-state index contributed by atoms with van der Waals surface area (Å²) >= 11 is 4.76. The molecule has 0 aliphatic carbocycles. The molecule has 1 rings (SSSR count). The van der Waals surface area contributed by atoms with Gasteiger partial charge in [0.1, 0.15) is 0 Å². The summed E-state index contributed by atoms with van der Waals surface area (Å²) in [6.07, 6.45) is 1.42. The predicted molar refractivity (Wildman–Crippen MR) is 45.8 cm³/mol. The van der Waals surface area contributed by atoms with Crippen LogP contribution in [0.15, 0.2) is 23.4 Å². The SMILES string of the molecule is CCOC(=O)c1ccc([S-])nc1.[Na+]. The Labute approximate surface area is 105 Å². The molecule has 0 saturated heterocycles. The van der Waals surface area contributed by atoms with E-state index in [0.717, 1.165) is 0 Å². The molecule has 0 atom stereocenters. The Balaban J connectivity index is 0.00000144. The number of carbonyl (C=O) groups is 1. The summed E-state index contributed by atoms with van der Waals surface area (Å²) in [7, 11) is 0. The molecule has 1 aromatic rings. The first-order valence-electron chi connectivity index (χ1n) is 3.54. The quantitative estimate of drug-likeness (QED) is 0.323. The minimum atomic E-state index is -0.361. The van der Waals surface area contributed by atoms with Gasteiger partial charge in [0.05, 0.1) is 12.2 Å². The van der Waals surface area contributed by atoms with E-state index in [-0.39, 0.29) is 35.5 Å². The Hall–Kier alpha value is -0.160. The van der Waals surface area contributed by atoms with Gasteiger partial charge in [0.2, 0.25) is 0 Å². The van der Waals surface area contributed by atoms with Crippen LogP contribution in [-0.4, -0.2) is 17.6 Å². The maximum atomic E-state index is 11.1. The normalized spacial score (nSPS) is 8.69. The van der Waals surface area contributed by atoms with Gasteiger partial charge in [-0.15, -0.1) is 0 Å². The van der Waals surface area contributed by atoms with Crippen molar-refractivity contribution in [1.29, 1.82) is 0 Å². The molecule has 13 heavy (non-hydrogen) atoms. The number of hydrogen-bond donors (Lipinski definition) is 0. The van der Waals surface area contributed by atoms with Crippen LogP contribution in [0.3, 0.4) is 0 Å². The summed E-state index contributed by atoms with van der Waals surface area (Å²) in [5, 5.41) is 0.475. The molecule has 0 radical (unpaired) electrons. The Morgan fingerprint density at radius 2 is 2.31 bits per heavy atom. The van der Waals surface area contributed by atoms with E-state index in [1.807, 2.05) is 0 Å². The summed E-state index contributed by atoms with van der Waals surface area (Å²) in [5.74, 6) is -0.361. The molecule has 1 aromatic heterocycles. The monoisotopic (exact) mass is 205 g/mol. The smallest absolute Gasteiger partial charge is 0.760 e. The van der Waals surface area contributed by atoms with Crippen molar-refractivity contribution in [2.45, 2.75) is 11.9 Å². The van der Waals surface area contributed by atoms with Crippen LogP contribution in [0.4, 0.5) is 0 Å². The van der Waals surface area contributed by atoms with Crippen molar-refractivity contribution >= 4 is 18.6 Å². The minimum absolute atomic E-state index is 0. The van der Waals surface area contributed by atoms with Gasteiger partial charge in [0, 0.05) is 6.20 Å². The molecule has 0 saturated carbocycles. The first-order chi connectivity index (χ1) is 5.74. The second-order valence-electron chi connectivity index (χ2n) is 2.11. The van der Waals surface area contributed by atoms with E-state index in [4.69, 9.17) is 17.4 Å². The maximum Gasteiger partial charge on any atom is 1.00 e. The van der Waals surface area contributed by atoms with Gasteiger partial charge in [-0.25, -0.2) is 4.79 Å². The van der Waals surface area contributed by atoms with Gasteiger partial charge in [0.25, 0.3) is 0 Å². The summed E-state index contributed by atoms with van der Waals surface area (Å²) in [6.45, 7) is 2.13. The second-order valence-corrected chi connectivity index (χ2v) is 2.52. The van der Waals surface area contributed by atoms with Gasteiger partial charge in [-0.2, -0.15) is 0 Å². The van der Waals surface area contributed by atoms with Crippen LogP contribution in [0.5, 0.6) is 0 Å². The molecule has 1 heterocycles. The second kappa shape index (κ2) is 6.32. The topological polar surface area (TPSA) is 39.2 Å². The largest absolute Gasteiger partial charge is 1.00 e. The molecule has 0 fully saturated rings. The predicted octanol–water partition coefficient (Wildman–Crippen LogP) is -1.83. The first-order valence-corrected chi connectivity index (χ1v) is 3.95. The molecule has 0 bridgehead atoms. The van der Waals surface area contributed by atoms with E-state index in [9.17, 15) is 4.79 Å². The molecule has 0 aliphatic rings. The Bertz CT molecular complexity index is 276. The standard InChI is InChI=1S/C8H9NO2S.Na/c1-2-11-8(10)6-3-4-7(12)9-5-6;/h3-5H,2H2,1H3,(H,9,12);/q;+1/p-1. The Morgan fingerprint density at radius 1 is 1.62 bits per heavy atom. The minimum Gasteiger partial charge on any atom is -0.760 e. The third-order valence-corrected chi connectivity index (χ3v) is 1.49. The van der Waals surface area contributed by atoms with Crippen LogP contribution in [0, 0.1) is 0 Å². The van der Waals surface area contributed by atoms with Crippen molar-refractivity contribution in [3.63, 3.8) is 0 Å². The number of carbonyl (C=O) groups excluding carboxylic acids is 1. The van der Waals surface area contributed by atoms with Gasteiger partial charge in [0.15, 0.2) is 0 Å². The van der Waals surface area contributed by atoms with Crippen molar-refractivity contribution in [1.82, 2.24) is 4.98 Å². The number of ether oxygens (including phenoxy) is 1. The zero-order valence-electron chi connectivity index (χ0n) is 7.61. The molecule has 3 nitrogen and oxygen atoms in total. The van der Waals surface area contributed by atoms with Gasteiger partial charge in [-0.3, -0.25) is 4.98 Å². The molecule has 0 aliphatic heterocycles. The molecule has 64 valence electrons. The average Bonchev–Trinajstić information content (AvgIpc) is 2.06. The van der Waals surface area contributed by atoms with Crippen LogP contribution in [0.1, 0.15) is 17.3 Å². The molecular weight excluding hydrogens is 197 g/mol. The molecule has 0 amide bonds. The number of aromatic nitrogens is 1. The van der Waals surface area contributed by atoms with E-state index in [1.54, 1.807) is 19.1 Å².